The number of hydrogen-bond donors (Lipinski definition) is 1. The average Bonchev–Trinajstić information content (AvgIpc) is 2.54. The molecular weight excluding hydrogens is 490 g/mol. The standard InChI is InChI=1S/C14H13F7INO3/c1-25-9-6-8(22)10(26-2)5-7(9)3-4-23-11(24)12(15,16)13(17,18)14(19,20)21/h5-6H,3-4H2,1-2H3,(H,23,24). The summed E-state index contributed by atoms with van der Waals surface area (Å²) in [6, 6.07) is 3.01. The molecule has 26 heavy (non-hydrogen) atoms. The van der Waals surface area contributed by atoms with Crippen LogP contribution in [0.15, 0.2) is 12.1 Å². The van der Waals surface area contributed by atoms with Gasteiger partial charge in [-0.1, -0.05) is 0 Å². The molecule has 0 saturated heterocycles. The molecule has 1 N–H and O–H groups in total. The topological polar surface area (TPSA) is 47.6 Å². The van der Waals surface area contributed by atoms with E-state index in [4.69, 9.17) is 9.47 Å². The van der Waals surface area contributed by atoms with Gasteiger partial charge in [-0.15, -0.1) is 0 Å². The quantitative estimate of drug-likeness (QED) is 0.455. The van der Waals surface area contributed by atoms with E-state index in [1.165, 1.54) is 25.6 Å². The van der Waals surface area contributed by atoms with Gasteiger partial charge in [-0.05, 0) is 46.7 Å². The third-order valence-corrected chi connectivity index (χ3v) is 4.11. The molecule has 0 fully saturated rings. The number of benzene rings is 1. The molecule has 0 radical (unpaired) electrons. The minimum atomic E-state index is -6.57. The lowest BCUT2D eigenvalue weighted by atomic mass is 10.1. The van der Waals surface area contributed by atoms with Crippen molar-refractivity contribution >= 4 is 28.5 Å². The fourth-order valence-corrected chi connectivity index (χ4v) is 2.52. The lowest BCUT2D eigenvalue weighted by Crippen LogP contribution is -2.59. The van der Waals surface area contributed by atoms with Crippen LogP contribution in [0.3, 0.4) is 0 Å². The molecule has 1 rings (SSSR count). The van der Waals surface area contributed by atoms with Gasteiger partial charge in [0.25, 0.3) is 5.91 Å². The Bertz CT molecular complexity index is 665. The lowest BCUT2D eigenvalue weighted by molar-refractivity contribution is -0.344. The Kier molecular flexibility index (Phi) is 6.98. The van der Waals surface area contributed by atoms with E-state index < -0.39 is 30.5 Å². The normalized spacial score (nSPS) is 12.7. The van der Waals surface area contributed by atoms with Crippen molar-refractivity contribution in [3.63, 3.8) is 0 Å². The Morgan fingerprint density at radius 1 is 1.04 bits per heavy atom. The number of halogens is 8. The first kappa shape index (κ1) is 22.6. The molecule has 0 aliphatic heterocycles. The summed E-state index contributed by atoms with van der Waals surface area (Å²) in [5, 5.41) is 1.39. The fourth-order valence-electron chi connectivity index (χ4n) is 1.86. The van der Waals surface area contributed by atoms with Crippen molar-refractivity contribution in [2.45, 2.75) is 24.4 Å². The van der Waals surface area contributed by atoms with Crippen molar-refractivity contribution in [1.82, 2.24) is 5.32 Å². The Morgan fingerprint density at radius 2 is 1.58 bits per heavy atom. The van der Waals surface area contributed by atoms with Crippen molar-refractivity contribution in [1.29, 1.82) is 0 Å². The molecule has 0 atom stereocenters. The first-order chi connectivity index (χ1) is 11.8. The van der Waals surface area contributed by atoms with Gasteiger partial charge >= 0.3 is 18.0 Å². The monoisotopic (exact) mass is 503 g/mol. The summed E-state index contributed by atoms with van der Waals surface area (Å²) in [5.41, 5.74) is 0.371. The predicted octanol–water partition coefficient (Wildman–Crippen LogP) is 3.80. The third kappa shape index (κ3) is 4.43. The first-order valence-corrected chi connectivity index (χ1v) is 7.88. The van der Waals surface area contributed by atoms with Crippen molar-refractivity contribution in [3.8, 4) is 11.5 Å². The van der Waals surface area contributed by atoms with Gasteiger partial charge in [0.2, 0.25) is 0 Å². The maximum atomic E-state index is 13.2. The van der Waals surface area contributed by atoms with Gasteiger partial charge in [0.05, 0.1) is 17.8 Å². The van der Waals surface area contributed by atoms with Crippen LogP contribution in [0, 0.1) is 3.57 Å². The van der Waals surface area contributed by atoms with E-state index in [1.54, 1.807) is 6.07 Å². The number of alkyl halides is 7. The average molecular weight is 503 g/mol. The molecule has 0 heterocycles. The van der Waals surface area contributed by atoms with Crippen LogP contribution >= 0.6 is 22.6 Å². The molecular formula is C14H13F7INO3. The molecule has 0 aliphatic carbocycles. The zero-order chi connectivity index (χ0) is 20.3. The van der Waals surface area contributed by atoms with Gasteiger partial charge in [-0.25, -0.2) is 0 Å². The Hall–Kier alpha value is -1.47. The number of nitrogens with one attached hydrogen (secondary N) is 1. The summed E-state index contributed by atoms with van der Waals surface area (Å²) >= 11 is 1.94. The molecule has 1 aromatic carbocycles. The van der Waals surface area contributed by atoms with Gasteiger partial charge in [0.15, 0.2) is 0 Å². The van der Waals surface area contributed by atoms with E-state index in [2.05, 4.69) is 0 Å². The molecule has 0 aromatic heterocycles. The van der Waals surface area contributed by atoms with Gasteiger partial charge in [-0.3, -0.25) is 4.79 Å². The van der Waals surface area contributed by atoms with Crippen molar-refractivity contribution in [2.24, 2.45) is 0 Å². The van der Waals surface area contributed by atoms with E-state index in [0.29, 0.717) is 20.6 Å². The summed E-state index contributed by atoms with van der Waals surface area (Å²) in [6.45, 7) is -0.623. The fraction of sp³-hybridized carbons (Fsp3) is 0.500. The van der Waals surface area contributed by atoms with Gasteiger partial charge in [-0.2, -0.15) is 30.7 Å². The number of ether oxygens (including phenoxy) is 2. The van der Waals surface area contributed by atoms with Gasteiger partial charge < -0.3 is 14.8 Å². The maximum absolute atomic E-state index is 13.2. The van der Waals surface area contributed by atoms with Crippen LogP contribution in [0.2, 0.25) is 0 Å². The predicted molar refractivity (Wildman–Crippen MR) is 84.9 cm³/mol. The summed E-state index contributed by atoms with van der Waals surface area (Å²) in [5.74, 6) is -14.5. The molecule has 148 valence electrons. The highest BCUT2D eigenvalue weighted by atomic mass is 127. The molecule has 1 amide bonds. The lowest BCUT2D eigenvalue weighted by Gasteiger charge is -2.27. The van der Waals surface area contributed by atoms with Crippen molar-refractivity contribution in [3.05, 3.63) is 21.3 Å². The van der Waals surface area contributed by atoms with E-state index in [-0.39, 0.29) is 6.42 Å². The van der Waals surface area contributed by atoms with Crippen molar-refractivity contribution in [2.75, 3.05) is 20.8 Å². The Morgan fingerprint density at radius 3 is 2.04 bits per heavy atom. The Labute approximate surface area is 157 Å². The number of carbonyl (C=O) groups excluding carboxylic acids is 1. The van der Waals surface area contributed by atoms with E-state index in [1.807, 2.05) is 22.6 Å². The van der Waals surface area contributed by atoms with E-state index in [9.17, 15) is 35.5 Å². The molecule has 0 spiro atoms. The number of rotatable bonds is 7. The molecule has 0 aliphatic rings. The molecule has 1 aromatic rings. The first-order valence-electron chi connectivity index (χ1n) is 6.80. The minimum Gasteiger partial charge on any atom is -0.496 e. The summed E-state index contributed by atoms with van der Waals surface area (Å²) < 4.78 is 98.9. The van der Waals surface area contributed by atoms with Crippen LogP contribution in [0.1, 0.15) is 5.56 Å². The second kappa shape index (κ2) is 8.05. The van der Waals surface area contributed by atoms with Crippen LogP contribution in [0.25, 0.3) is 0 Å². The molecule has 0 saturated carbocycles. The zero-order valence-electron chi connectivity index (χ0n) is 13.3. The van der Waals surface area contributed by atoms with Crippen LogP contribution in [-0.4, -0.2) is 44.7 Å². The minimum absolute atomic E-state index is 0.171. The summed E-state index contributed by atoms with van der Waals surface area (Å²) in [7, 11) is 2.69. The summed E-state index contributed by atoms with van der Waals surface area (Å²) in [6.07, 6.45) is -6.74. The van der Waals surface area contributed by atoms with Gasteiger partial charge in [0.1, 0.15) is 11.5 Å². The summed E-state index contributed by atoms with van der Waals surface area (Å²) in [4.78, 5) is 11.2. The van der Waals surface area contributed by atoms with Crippen LogP contribution in [0.4, 0.5) is 30.7 Å². The highest BCUT2D eigenvalue weighted by Gasteiger charge is 2.76. The number of carbonyl (C=O) groups is 1. The molecule has 4 nitrogen and oxygen atoms in total. The number of methoxy groups -OCH3 is 2. The van der Waals surface area contributed by atoms with Crippen LogP contribution in [0.5, 0.6) is 11.5 Å². The highest BCUT2D eigenvalue weighted by Crippen LogP contribution is 2.46. The second-order valence-corrected chi connectivity index (χ2v) is 6.11. The smallest absolute Gasteiger partial charge is 0.460 e. The number of hydrogen-bond acceptors (Lipinski definition) is 3. The Balaban J connectivity index is 2.87. The number of amides is 1. The molecule has 0 bridgehead atoms. The zero-order valence-corrected chi connectivity index (χ0v) is 15.5. The second-order valence-electron chi connectivity index (χ2n) is 4.95. The van der Waals surface area contributed by atoms with E-state index >= 15 is 0 Å². The van der Waals surface area contributed by atoms with Gasteiger partial charge in [0, 0.05) is 6.54 Å². The van der Waals surface area contributed by atoms with Crippen LogP contribution in [-0.2, 0) is 11.2 Å². The highest BCUT2D eigenvalue weighted by molar-refractivity contribution is 14.1. The van der Waals surface area contributed by atoms with Crippen molar-refractivity contribution < 1.29 is 45.0 Å². The SMILES string of the molecule is COc1cc(CCNC(=O)C(F)(F)C(F)(F)C(F)(F)F)c(OC)cc1I. The largest absolute Gasteiger partial charge is 0.496 e. The van der Waals surface area contributed by atoms with Crippen LogP contribution < -0.4 is 14.8 Å². The molecule has 0 unspecified atom stereocenters. The third-order valence-electron chi connectivity index (χ3n) is 3.27. The van der Waals surface area contributed by atoms with E-state index in [0.717, 1.165) is 0 Å². The maximum Gasteiger partial charge on any atom is 0.460 e. The molecule has 12 heteroatoms.